The zero-order valence-electron chi connectivity index (χ0n) is 7.23. The molecule has 0 spiro atoms. The van der Waals surface area contributed by atoms with Gasteiger partial charge >= 0.3 is 0 Å². The van der Waals surface area contributed by atoms with Gasteiger partial charge in [0.25, 0.3) is 0 Å². The molecule has 1 aromatic carbocycles. The summed E-state index contributed by atoms with van der Waals surface area (Å²) < 4.78 is 18.3. The van der Waals surface area contributed by atoms with Crippen molar-refractivity contribution >= 4 is 0 Å². The molecule has 1 nitrogen and oxygen atoms in total. The summed E-state index contributed by atoms with van der Waals surface area (Å²) in [6, 6.07) is 4.82. The van der Waals surface area contributed by atoms with E-state index in [1.54, 1.807) is 12.1 Å². The third-order valence-electron chi connectivity index (χ3n) is 2.31. The van der Waals surface area contributed by atoms with Crippen molar-refractivity contribution in [2.45, 2.75) is 26.1 Å². The van der Waals surface area contributed by atoms with E-state index >= 15 is 0 Å². The van der Waals surface area contributed by atoms with Crippen LogP contribution in [-0.2, 0) is 16.9 Å². The first-order valence-electron chi connectivity index (χ1n) is 4.02. The SMILES string of the molecule is CC1(C)OCc2ccc(F)cc21. The fourth-order valence-corrected chi connectivity index (χ4v) is 1.57. The number of rotatable bonds is 0. The summed E-state index contributed by atoms with van der Waals surface area (Å²) in [7, 11) is 0. The fraction of sp³-hybridized carbons (Fsp3) is 0.400. The molecule has 1 heterocycles. The number of hydrogen-bond donors (Lipinski definition) is 0. The molecule has 0 radical (unpaired) electrons. The summed E-state index contributed by atoms with van der Waals surface area (Å²) in [6.07, 6.45) is 0. The summed E-state index contributed by atoms with van der Waals surface area (Å²) in [4.78, 5) is 0. The van der Waals surface area contributed by atoms with Gasteiger partial charge in [0.2, 0.25) is 0 Å². The van der Waals surface area contributed by atoms with E-state index in [0.717, 1.165) is 11.1 Å². The van der Waals surface area contributed by atoms with Crippen molar-refractivity contribution in [3.8, 4) is 0 Å². The summed E-state index contributed by atoms with van der Waals surface area (Å²) in [6.45, 7) is 4.51. The largest absolute Gasteiger partial charge is 0.366 e. The molecule has 0 aliphatic carbocycles. The number of hydrogen-bond acceptors (Lipinski definition) is 1. The van der Waals surface area contributed by atoms with Crippen molar-refractivity contribution in [1.29, 1.82) is 0 Å². The zero-order valence-corrected chi connectivity index (χ0v) is 7.23. The predicted octanol–water partition coefficient (Wildman–Crippen LogP) is 2.59. The van der Waals surface area contributed by atoms with E-state index in [1.165, 1.54) is 6.07 Å². The Kier molecular flexibility index (Phi) is 1.48. The average Bonchev–Trinajstić information content (AvgIpc) is 2.28. The summed E-state index contributed by atoms with van der Waals surface area (Å²) in [5.41, 5.74) is 1.75. The fourth-order valence-electron chi connectivity index (χ4n) is 1.57. The molecule has 0 N–H and O–H groups in total. The normalized spacial score (nSPS) is 19.2. The predicted molar refractivity (Wildman–Crippen MR) is 44.2 cm³/mol. The van der Waals surface area contributed by atoms with Crippen LogP contribution in [0.1, 0.15) is 25.0 Å². The smallest absolute Gasteiger partial charge is 0.123 e. The van der Waals surface area contributed by atoms with Crippen LogP contribution in [-0.4, -0.2) is 0 Å². The van der Waals surface area contributed by atoms with Crippen LogP contribution in [0.5, 0.6) is 0 Å². The van der Waals surface area contributed by atoms with E-state index in [2.05, 4.69) is 0 Å². The highest BCUT2D eigenvalue weighted by atomic mass is 19.1. The molecule has 0 aromatic heterocycles. The highest BCUT2D eigenvalue weighted by molar-refractivity contribution is 5.34. The molecule has 0 unspecified atom stereocenters. The summed E-state index contributed by atoms with van der Waals surface area (Å²) in [5.74, 6) is -0.188. The number of halogens is 1. The monoisotopic (exact) mass is 166 g/mol. The molecule has 0 amide bonds. The second kappa shape index (κ2) is 2.30. The Morgan fingerprint density at radius 3 is 2.92 bits per heavy atom. The number of ether oxygens (including phenoxy) is 1. The molecule has 0 saturated carbocycles. The summed E-state index contributed by atoms with van der Waals surface area (Å²) in [5, 5.41) is 0. The van der Waals surface area contributed by atoms with Crippen LogP contribution < -0.4 is 0 Å². The Balaban J connectivity index is 2.57. The zero-order chi connectivity index (χ0) is 8.77. The van der Waals surface area contributed by atoms with Crippen LogP contribution in [0.4, 0.5) is 4.39 Å². The minimum absolute atomic E-state index is 0.188. The lowest BCUT2D eigenvalue weighted by Gasteiger charge is -2.17. The third-order valence-corrected chi connectivity index (χ3v) is 2.31. The maximum atomic E-state index is 12.8. The Labute approximate surface area is 71.2 Å². The van der Waals surface area contributed by atoms with Crippen molar-refractivity contribution in [1.82, 2.24) is 0 Å². The molecule has 2 heteroatoms. The van der Waals surface area contributed by atoms with Gasteiger partial charge in [-0.2, -0.15) is 0 Å². The second-order valence-electron chi connectivity index (χ2n) is 3.60. The van der Waals surface area contributed by atoms with Gasteiger partial charge < -0.3 is 4.74 Å². The standard InChI is InChI=1S/C10H11FO/c1-10(2)9-5-8(11)4-3-7(9)6-12-10/h3-5H,6H2,1-2H3. The molecule has 0 bridgehead atoms. The first kappa shape index (κ1) is 7.74. The third kappa shape index (κ3) is 1.03. The van der Waals surface area contributed by atoms with Gasteiger partial charge in [-0.05, 0) is 37.1 Å². The van der Waals surface area contributed by atoms with E-state index in [4.69, 9.17) is 4.74 Å². The highest BCUT2D eigenvalue weighted by Crippen LogP contribution is 2.35. The summed E-state index contributed by atoms with van der Waals surface area (Å²) >= 11 is 0. The Morgan fingerprint density at radius 2 is 2.17 bits per heavy atom. The highest BCUT2D eigenvalue weighted by Gasteiger charge is 2.30. The maximum absolute atomic E-state index is 12.8. The van der Waals surface area contributed by atoms with E-state index < -0.39 is 0 Å². The Morgan fingerprint density at radius 1 is 1.42 bits per heavy atom. The van der Waals surface area contributed by atoms with Crippen molar-refractivity contribution in [2.24, 2.45) is 0 Å². The molecule has 0 fully saturated rings. The Hall–Kier alpha value is -0.890. The Bertz CT molecular complexity index is 318. The average molecular weight is 166 g/mol. The van der Waals surface area contributed by atoms with Gasteiger partial charge in [-0.3, -0.25) is 0 Å². The number of fused-ring (bicyclic) bond motifs is 1. The molecular weight excluding hydrogens is 155 g/mol. The molecule has 1 aromatic rings. The van der Waals surface area contributed by atoms with Gasteiger partial charge in [0.1, 0.15) is 5.82 Å². The molecule has 12 heavy (non-hydrogen) atoms. The van der Waals surface area contributed by atoms with E-state index in [1.807, 2.05) is 13.8 Å². The topological polar surface area (TPSA) is 9.23 Å². The van der Waals surface area contributed by atoms with Crippen LogP contribution in [0.3, 0.4) is 0 Å². The molecule has 1 aliphatic heterocycles. The molecule has 0 saturated heterocycles. The molecule has 64 valence electrons. The first-order chi connectivity index (χ1) is 5.59. The van der Waals surface area contributed by atoms with Crippen molar-refractivity contribution in [3.05, 3.63) is 35.1 Å². The van der Waals surface area contributed by atoms with Crippen molar-refractivity contribution < 1.29 is 9.13 Å². The molecule has 0 atom stereocenters. The van der Waals surface area contributed by atoms with Crippen LogP contribution in [0.25, 0.3) is 0 Å². The minimum Gasteiger partial charge on any atom is -0.366 e. The van der Waals surface area contributed by atoms with Crippen molar-refractivity contribution in [3.63, 3.8) is 0 Å². The lowest BCUT2D eigenvalue weighted by atomic mass is 9.96. The van der Waals surface area contributed by atoms with Gasteiger partial charge in [0.15, 0.2) is 0 Å². The van der Waals surface area contributed by atoms with Crippen LogP contribution >= 0.6 is 0 Å². The van der Waals surface area contributed by atoms with Gasteiger partial charge in [-0.1, -0.05) is 6.07 Å². The lowest BCUT2D eigenvalue weighted by Crippen LogP contribution is -2.14. The molecule has 2 rings (SSSR count). The van der Waals surface area contributed by atoms with E-state index in [-0.39, 0.29) is 11.4 Å². The van der Waals surface area contributed by atoms with Gasteiger partial charge in [-0.15, -0.1) is 0 Å². The maximum Gasteiger partial charge on any atom is 0.123 e. The lowest BCUT2D eigenvalue weighted by molar-refractivity contribution is -0.00798. The number of benzene rings is 1. The van der Waals surface area contributed by atoms with Crippen LogP contribution in [0.15, 0.2) is 18.2 Å². The van der Waals surface area contributed by atoms with E-state index in [0.29, 0.717) is 6.61 Å². The molecular formula is C10H11FO. The minimum atomic E-state index is -0.322. The van der Waals surface area contributed by atoms with E-state index in [9.17, 15) is 4.39 Å². The first-order valence-corrected chi connectivity index (χ1v) is 4.02. The van der Waals surface area contributed by atoms with Crippen LogP contribution in [0, 0.1) is 5.82 Å². The van der Waals surface area contributed by atoms with Gasteiger partial charge in [0.05, 0.1) is 12.2 Å². The molecule has 1 aliphatic rings. The van der Waals surface area contributed by atoms with Gasteiger partial charge in [0, 0.05) is 0 Å². The van der Waals surface area contributed by atoms with Gasteiger partial charge in [-0.25, -0.2) is 4.39 Å². The van der Waals surface area contributed by atoms with Crippen LogP contribution in [0.2, 0.25) is 0 Å². The second-order valence-corrected chi connectivity index (χ2v) is 3.60. The van der Waals surface area contributed by atoms with Crippen molar-refractivity contribution in [2.75, 3.05) is 0 Å². The quantitative estimate of drug-likeness (QED) is 0.575.